The number of fused-ring (bicyclic) bond motifs is 1. The van der Waals surface area contributed by atoms with Gasteiger partial charge in [-0.15, -0.1) is 0 Å². The SMILES string of the molecule is Cc1cc(N)cnc1N1CC(=O)Nc2ccccc21. The van der Waals surface area contributed by atoms with Gasteiger partial charge in [0.25, 0.3) is 0 Å². The Morgan fingerprint density at radius 3 is 2.95 bits per heavy atom. The Morgan fingerprint density at radius 2 is 2.16 bits per heavy atom. The number of nitrogens with two attached hydrogens (primary N) is 1. The molecule has 0 saturated carbocycles. The first kappa shape index (κ1) is 11.5. The topological polar surface area (TPSA) is 71.2 Å². The van der Waals surface area contributed by atoms with Crippen molar-refractivity contribution >= 4 is 28.8 Å². The molecule has 3 N–H and O–H groups in total. The number of carbonyl (C=O) groups is 1. The molecule has 0 atom stereocenters. The molecular formula is C14H14N4O. The van der Waals surface area contributed by atoms with Crippen LogP contribution in [0.5, 0.6) is 0 Å². The van der Waals surface area contributed by atoms with E-state index in [0.717, 1.165) is 22.8 Å². The summed E-state index contributed by atoms with van der Waals surface area (Å²) in [6.45, 7) is 2.20. The number of para-hydroxylation sites is 2. The van der Waals surface area contributed by atoms with Gasteiger partial charge in [0.15, 0.2) is 0 Å². The highest BCUT2D eigenvalue weighted by atomic mass is 16.2. The molecule has 1 aromatic heterocycles. The number of benzene rings is 1. The Hall–Kier alpha value is -2.56. The van der Waals surface area contributed by atoms with Crippen LogP contribution >= 0.6 is 0 Å². The van der Waals surface area contributed by atoms with Crippen LogP contribution in [0.15, 0.2) is 36.5 Å². The maximum absolute atomic E-state index is 11.8. The zero-order valence-corrected chi connectivity index (χ0v) is 10.6. The van der Waals surface area contributed by atoms with Gasteiger partial charge in [-0.2, -0.15) is 0 Å². The number of pyridine rings is 1. The molecule has 0 bridgehead atoms. The van der Waals surface area contributed by atoms with Crippen molar-refractivity contribution in [1.82, 2.24) is 4.98 Å². The van der Waals surface area contributed by atoms with E-state index in [1.807, 2.05) is 42.2 Å². The van der Waals surface area contributed by atoms with E-state index < -0.39 is 0 Å². The van der Waals surface area contributed by atoms with E-state index in [2.05, 4.69) is 10.3 Å². The van der Waals surface area contributed by atoms with Gasteiger partial charge in [-0.25, -0.2) is 4.98 Å². The zero-order chi connectivity index (χ0) is 13.4. The smallest absolute Gasteiger partial charge is 0.244 e. The molecule has 1 aromatic carbocycles. The number of amides is 1. The largest absolute Gasteiger partial charge is 0.397 e. The molecule has 1 aliphatic rings. The van der Waals surface area contributed by atoms with E-state index in [1.165, 1.54) is 0 Å². The number of aryl methyl sites for hydroxylation is 1. The quantitative estimate of drug-likeness (QED) is 0.817. The van der Waals surface area contributed by atoms with Crippen LogP contribution in [-0.4, -0.2) is 17.4 Å². The Morgan fingerprint density at radius 1 is 1.37 bits per heavy atom. The van der Waals surface area contributed by atoms with Gasteiger partial charge in [0.1, 0.15) is 12.4 Å². The molecule has 0 aliphatic carbocycles. The number of hydrogen-bond acceptors (Lipinski definition) is 4. The molecule has 0 spiro atoms. The molecule has 0 unspecified atom stereocenters. The van der Waals surface area contributed by atoms with Crippen molar-refractivity contribution in [1.29, 1.82) is 0 Å². The highest BCUT2D eigenvalue weighted by Crippen LogP contribution is 2.35. The van der Waals surface area contributed by atoms with Crippen LogP contribution in [0.1, 0.15) is 5.56 Å². The molecule has 1 amide bonds. The number of nitrogens with one attached hydrogen (secondary N) is 1. The van der Waals surface area contributed by atoms with E-state index in [0.29, 0.717) is 5.69 Å². The Kier molecular flexibility index (Phi) is 2.59. The predicted octanol–water partition coefficient (Wildman–Crippen LogP) is 2.06. The predicted molar refractivity (Wildman–Crippen MR) is 75.5 cm³/mol. The maximum Gasteiger partial charge on any atom is 0.244 e. The third-order valence-electron chi connectivity index (χ3n) is 3.10. The monoisotopic (exact) mass is 254 g/mol. The van der Waals surface area contributed by atoms with E-state index >= 15 is 0 Å². The van der Waals surface area contributed by atoms with Crippen LogP contribution in [0.3, 0.4) is 0 Å². The molecule has 0 radical (unpaired) electrons. The minimum absolute atomic E-state index is 0.0447. The van der Waals surface area contributed by atoms with Crippen molar-refractivity contribution < 1.29 is 4.79 Å². The van der Waals surface area contributed by atoms with Crippen LogP contribution in [-0.2, 0) is 4.79 Å². The highest BCUT2D eigenvalue weighted by molar-refractivity contribution is 6.03. The Balaban J connectivity index is 2.12. The molecule has 19 heavy (non-hydrogen) atoms. The van der Waals surface area contributed by atoms with Crippen LogP contribution in [0.4, 0.5) is 22.9 Å². The summed E-state index contributed by atoms with van der Waals surface area (Å²) in [6, 6.07) is 9.54. The normalized spacial score (nSPS) is 13.9. The lowest BCUT2D eigenvalue weighted by atomic mass is 10.1. The first-order chi connectivity index (χ1) is 9.15. The number of rotatable bonds is 1. The number of nitrogens with zero attached hydrogens (tertiary/aromatic N) is 2. The fourth-order valence-electron chi connectivity index (χ4n) is 2.29. The second kappa shape index (κ2) is 4.28. The van der Waals surface area contributed by atoms with Crippen LogP contribution in [0.2, 0.25) is 0 Å². The second-order valence-corrected chi connectivity index (χ2v) is 4.56. The van der Waals surface area contributed by atoms with Crippen molar-refractivity contribution in [2.45, 2.75) is 6.92 Å². The number of anilines is 4. The van der Waals surface area contributed by atoms with Crippen molar-refractivity contribution in [3.63, 3.8) is 0 Å². The first-order valence-corrected chi connectivity index (χ1v) is 6.03. The van der Waals surface area contributed by atoms with Gasteiger partial charge in [-0.3, -0.25) is 4.79 Å². The summed E-state index contributed by atoms with van der Waals surface area (Å²) in [5.41, 5.74) is 9.04. The summed E-state index contributed by atoms with van der Waals surface area (Å²) in [5, 5.41) is 2.86. The molecule has 5 nitrogen and oxygen atoms in total. The maximum atomic E-state index is 11.8. The summed E-state index contributed by atoms with van der Waals surface area (Å²) >= 11 is 0. The molecule has 96 valence electrons. The van der Waals surface area contributed by atoms with Gasteiger partial charge in [0, 0.05) is 0 Å². The van der Waals surface area contributed by atoms with E-state index in [-0.39, 0.29) is 12.5 Å². The van der Waals surface area contributed by atoms with Crippen molar-refractivity contribution in [3.8, 4) is 0 Å². The lowest BCUT2D eigenvalue weighted by Crippen LogP contribution is -2.35. The van der Waals surface area contributed by atoms with E-state index in [4.69, 9.17) is 5.73 Å². The first-order valence-electron chi connectivity index (χ1n) is 6.03. The highest BCUT2D eigenvalue weighted by Gasteiger charge is 2.24. The molecular weight excluding hydrogens is 240 g/mol. The molecule has 2 heterocycles. The minimum Gasteiger partial charge on any atom is -0.397 e. The summed E-state index contributed by atoms with van der Waals surface area (Å²) in [4.78, 5) is 18.0. The van der Waals surface area contributed by atoms with Gasteiger partial charge >= 0.3 is 0 Å². The summed E-state index contributed by atoms with van der Waals surface area (Å²) in [5.74, 6) is 0.716. The van der Waals surface area contributed by atoms with Gasteiger partial charge in [-0.05, 0) is 30.7 Å². The van der Waals surface area contributed by atoms with Gasteiger partial charge in [0.05, 0.1) is 23.3 Å². The molecule has 1 aliphatic heterocycles. The van der Waals surface area contributed by atoms with E-state index in [9.17, 15) is 4.79 Å². The molecule has 0 saturated heterocycles. The summed E-state index contributed by atoms with van der Waals surface area (Å²) in [7, 11) is 0. The number of aromatic nitrogens is 1. The minimum atomic E-state index is -0.0447. The standard InChI is InChI=1S/C14H14N4O/c1-9-6-10(15)7-16-14(9)18-8-13(19)17-11-4-2-3-5-12(11)18/h2-7H,8,15H2,1H3,(H,17,19). The average Bonchev–Trinajstić information content (AvgIpc) is 2.38. The lowest BCUT2D eigenvalue weighted by molar-refractivity contribution is -0.115. The third kappa shape index (κ3) is 1.99. The summed E-state index contributed by atoms with van der Waals surface area (Å²) in [6.07, 6.45) is 1.61. The lowest BCUT2D eigenvalue weighted by Gasteiger charge is -2.30. The van der Waals surface area contributed by atoms with Crippen molar-refractivity contribution in [3.05, 3.63) is 42.1 Å². The van der Waals surface area contributed by atoms with Crippen LogP contribution < -0.4 is 16.0 Å². The second-order valence-electron chi connectivity index (χ2n) is 4.56. The van der Waals surface area contributed by atoms with Crippen molar-refractivity contribution in [2.75, 3.05) is 22.5 Å². The van der Waals surface area contributed by atoms with Crippen molar-refractivity contribution in [2.24, 2.45) is 0 Å². The Labute approximate surface area is 111 Å². The summed E-state index contributed by atoms with van der Waals surface area (Å²) < 4.78 is 0. The number of carbonyl (C=O) groups excluding carboxylic acids is 1. The number of nitrogen functional groups attached to an aromatic ring is 1. The van der Waals surface area contributed by atoms with Crippen LogP contribution in [0, 0.1) is 6.92 Å². The fourth-order valence-corrected chi connectivity index (χ4v) is 2.29. The molecule has 2 aromatic rings. The molecule has 5 heteroatoms. The fraction of sp³-hybridized carbons (Fsp3) is 0.143. The zero-order valence-electron chi connectivity index (χ0n) is 10.6. The van der Waals surface area contributed by atoms with E-state index in [1.54, 1.807) is 6.20 Å². The molecule has 3 rings (SSSR count). The number of hydrogen-bond donors (Lipinski definition) is 2. The van der Waals surface area contributed by atoms with Gasteiger partial charge in [0.2, 0.25) is 5.91 Å². The average molecular weight is 254 g/mol. The third-order valence-corrected chi connectivity index (χ3v) is 3.10. The molecule has 0 fully saturated rings. The Bertz CT molecular complexity index is 654. The van der Waals surface area contributed by atoms with Gasteiger partial charge < -0.3 is 16.0 Å². The van der Waals surface area contributed by atoms with Gasteiger partial charge in [-0.1, -0.05) is 12.1 Å². The van der Waals surface area contributed by atoms with Crippen LogP contribution in [0.25, 0.3) is 0 Å².